The summed E-state index contributed by atoms with van der Waals surface area (Å²) in [6.07, 6.45) is 5.07. The highest BCUT2D eigenvalue weighted by atomic mass is 16.6. The molecule has 104 valence electrons. The molecule has 0 bridgehead atoms. The maximum absolute atomic E-state index is 6.04. The molecule has 22 heavy (non-hydrogen) atoms. The first-order valence-corrected chi connectivity index (χ1v) is 7.86. The van der Waals surface area contributed by atoms with Gasteiger partial charge in [-0.05, 0) is 62.7 Å². The predicted octanol–water partition coefficient (Wildman–Crippen LogP) is 5.43. The van der Waals surface area contributed by atoms with Crippen LogP contribution in [0.2, 0.25) is 0 Å². The number of ether oxygens (including phenoxy) is 1. The zero-order valence-electron chi connectivity index (χ0n) is 12.3. The minimum atomic E-state index is 0.250. The van der Waals surface area contributed by atoms with Crippen LogP contribution in [-0.2, 0) is 4.74 Å². The number of rotatable bonds is 0. The Bertz CT molecular complexity index is 1030. The molecule has 3 aromatic carbocycles. The molecule has 0 spiro atoms. The Kier molecular flexibility index (Phi) is 1.79. The van der Waals surface area contributed by atoms with Crippen molar-refractivity contribution >= 4 is 22.9 Å². The molecular weight excluding hydrogens is 268 g/mol. The van der Waals surface area contributed by atoms with Crippen LogP contribution in [0.5, 0.6) is 0 Å². The second kappa shape index (κ2) is 3.50. The van der Waals surface area contributed by atoms with Gasteiger partial charge in [0.2, 0.25) is 0 Å². The standard InChI is InChI=1S/C21H14O/c1-11-6-7-12-10-17-14-4-2-3-5-15(14)20-21(22-20)19(17)16-9-8-13(11)18(12)16/h2-10,20-21H,1H3. The lowest BCUT2D eigenvalue weighted by Crippen LogP contribution is -2.02. The molecule has 1 fully saturated rings. The van der Waals surface area contributed by atoms with Crippen LogP contribution in [0.25, 0.3) is 34.1 Å². The van der Waals surface area contributed by atoms with Gasteiger partial charge < -0.3 is 4.74 Å². The fraction of sp³-hybridized carbons (Fsp3) is 0.143. The molecule has 0 N–H and O–H groups in total. The van der Waals surface area contributed by atoms with E-state index in [2.05, 4.69) is 61.5 Å². The van der Waals surface area contributed by atoms with E-state index < -0.39 is 0 Å². The van der Waals surface area contributed by atoms with Crippen molar-refractivity contribution in [3.8, 4) is 11.1 Å². The van der Waals surface area contributed by atoms with Gasteiger partial charge in [0.05, 0.1) is 0 Å². The van der Waals surface area contributed by atoms with E-state index in [4.69, 9.17) is 4.74 Å². The van der Waals surface area contributed by atoms with Crippen molar-refractivity contribution in [1.29, 1.82) is 0 Å². The van der Waals surface area contributed by atoms with Gasteiger partial charge in [-0.3, -0.25) is 0 Å². The molecule has 3 aliphatic rings. The predicted molar refractivity (Wildman–Crippen MR) is 89.6 cm³/mol. The molecule has 1 nitrogen and oxygen atoms in total. The lowest BCUT2D eigenvalue weighted by atomic mass is 9.81. The molecule has 1 aliphatic heterocycles. The highest BCUT2D eigenvalue weighted by molar-refractivity contribution is 6.09. The van der Waals surface area contributed by atoms with Crippen LogP contribution >= 0.6 is 0 Å². The second-order valence-electron chi connectivity index (χ2n) is 6.54. The van der Waals surface area contributed by atoms with Gasteiger partial charge in [0.1, 0.15) is 12.2 Å². The Labute approximate surface area is 128 Å². The summed E-state index contributed by atoms with van der Waals surface area (Å²) >= 11 is 0. The van der Waals surface area contributed by atoms with Gasteiger partial charge in [-0.2, -0.15) is 0 Å². The topological polar surface area (TPSA) is 12.5 Å². The minimum Gasteiger partial charge on any atom is -0.359 e. The average Bonchev–Trinajstić information content (AvgIpc) is 3.22. The Morgan fingerprint density at radius 2 is 1.73 bits per heavy atom. The summed E-state index contributed by atoms with van der Waals surface area (Å²) in [6.45, 7) is 2.19. The van der Waals surface area contributed by atoms with Crippen molar-refractivity contribution in [3.05, 3.63) is 70.3 Å². The fourth-order valence-corrected chi connectivity index (χ4v) is 4.32. The number of benzene rings is 3. The molecule has 0 amide bonds. The quantitative estimate of drug-likeness (QED) is 0.392. The highest BCUT2D eigenvalue weighted by Crippen LogP contribution is 2.61. The maximum atomic E-state index is 6.04. The summed E-state index contributed by atoms with van der Waals surface area (Å²) < 4.78 is 6.04. The van der Waals surface area contributed by atoms with E-state index in [9.17, 15) is 0 Å². The van der Waals surface area contributed by atoms with Gasteiger partial charge in [-0.1, -0.05) is 48.6 Å². The van der Waals surface area contributed by atoms with Crippen molar-refractivity contribution < 1.29 is 4.74 Å². The van der Waals surface area contributed by atoms with Crippen LogP contribution in [0, 0.1) is 6.92 Å². The van der Waals surface area contributed by atoms with Gasteiger partial charge in [0.25, 0.3) is 0 Å². The van der Waals surface area contributed by atoms with Crippen molar-refractivity contribution in [2.75, 3.05) is 0 Å². The zero-order valence-corrected chi connectivity index (χ0v) is 12.3. The van der Waals surface area contributed by atoms with Gasteiger partial charge in [-0.25, -0.2) is 0 Å². The first-order valence-electron chi connectivity index (χ1n) is 7.86. The van der Waals surface area contributed by atoms with Crippen LogP contribution < -0.4 is 0 Å². The Morgan fingerprint density at radius 1 is 0.864 bits per heavy atom. The molecule has 2 atom stereocenters. The highest BCUT2D eigenvalue weighted by Gasteiger charge is 2.48. The molecule has 0 aromatic heterocycles. The smallest absolute Gasteiger partial charge is 0.115 e. The van der Waals surface area contributed by atoms with Crippen LogP contribution in [0.15, 0.2) is 42.5 Å². The zero-order chi connectivity index (χ0) is 14.4. The lowest BCUT2D eigenvalue weighted by Gasteiger charge is -2.20. The van der Waals surface area contributed by atoms with E-state index >= 15 is 0 Å². The van der Waals surface area contributed by atoms with Crippen molar-refractivity contribution in [2.24, 2.45) is 0 Å². The van der Waals surface area contributed by atoms with E-state index in [1.54, 1.807) is 0 Å². The molecule has 1 heteroatoms. The molecule has 2 unspecified atom stereocenters. The Balaban J connectivity index is 1.82. The SMILES string of the molecule is Cc1ccc2cc3c(c4c2c1C=C4)C1OC1c1ccccc1-3. The number of fused-ring (bicyclic) bond motifs is 7. The monoisotopic (exact) mass is 282 g/mol. The van der Waals surface area contributed by atoms with Gasteiger partial charge in [0.15, 0.2) is 0 Å². The summed E-state index contributed by atoms with van der Waals surface area (Å²) in [6, 6.07) is 15.5. The Hall–Kier alpha value is -2.38. The van der Waals surface area contributed by atoms with Gasteiger partial charge in [0, 0.05) is 0 Å². The summed E-state index contributed by atoms with van der Waals surface area (Å²) in [7, 11) is 0. The van der Waals surface area contributed by atoms with Crippen LogP contribution in [0.3, 0.4) is 0 Å². The van der Waals surface area contributed by atoms with Crippen molar-refractivity contribution in [2.45, 2.75) is 19.1 Å². The van der Waals surface area contributed by atoms with E-state index in [0.717, 1.165) is 0 Å². The number of hydrogen-bond donors (Lipinski definition) is 0. The number of aryl methyl sites for hydroxylation is 1. The van der Waals surface area contributed by atoms with Gasteiger partial charge >= 0.3 is 0 Å². The van der Waals surface area contributed by atoms with E-state index in [1.807, 2.05) is 0 Å². The summed E-state index contributed by atoms with van der Waals surface area (Å²) in [5.74, 6) is 0. The third-order valence-corrected chi connectivity index (χ3v) is 5.40. The summed E-state index contributed by atoms with van der Waals surface area (Å²) in [5, 5.41) is 2.75. The van der Waals surface area contributed by atoms with Crippen LogP contribution in [-0.4, -0.2) is 0 Å². The molecule has 0 saturated carbocycles. The summed E-state index contributed by atoms with van der Waals surface area (Å²) in [5.41, 5.74) is 9.57. The number of hydrogen-bond acceptors (Lipinski definition) is 1. The third kappa shape index (κ3) is 1.17. The van der Waals surface area contributed by atoms with Crippen LogP contribution in [0.4, 0.5) is 0 Å². The average molecular weight is 282 g/mol. The molecule has 2 aliphatic carbocycles. The first kappa shape index (κ1) is 11.2. The second-order valence-corrected chi connectivity index (χ2v) is 6.54. The molecule has 6 rings (SSSR count). The van der Waals surface area contributed by atoms with Gasteiger partial charge in [-0.15, -0.1) is 0 Å². The molecule has 3 aromatic rings. The van der Waals surface area contributed by atoms with Crippen molar-refractivity contribution in [1.82, 2.24) is 0 Å². The molecular formula is C21H14O. The third-order valence-electron chi connectivity index (χ3n) is 5.40. The molecule has 1 heterocycles. The largest absolute Gasteiger partial charge is 0.359 e. The molecule has 0 radical (unpaired) electrons. The van der Waals surface area contributed by atoms with Crippen LogP contribution in [0.1, 0.15) is 40.0 Å². The summed E-state index contributed by atoms with van der Waals surface area (Å²) in [4.78, 5) is 0. The minimum absolute atomic E-state index is 0.250. The van der Waals surface area contributed by atoms with E-state index in [-0.39, 0.29) is 12.2 Å². The first-order chi connectivity index (χ1) is 10.8. The van der Waals surface area contributed by atoms with E-state index in [0.29, 0.717) is 0 Å². The molecule has 1 saturated heterocycles. The van der Waals surface area contributed by atoms with Crippen molar-refractivity contribution in [3.63, 3.8) is 0 Å². The Morgan fingerprint density at radius 3 is 2.68 bits per heavy atom. The fourth-order valence-electron chi connectivity index (χ4n) is 4.32. The van der Waals surface area contributed by atoms with E-state index in [1.165, 1.54) is 49.7 Å². The maximum Gasteiger partial charge on any atom is 0.115 e. The number of epoxide rings is 1. The lowest BCUT2D eigenvalue weighted by molar-refractivity contribution is 0.380. The normalized spacial score (nSPS) is 22.4.